The molecule has 1 aliphatic rings. The van der Waals surface area contributed by atoms with Gasteiger partial charge in [-0.3, -0.25) is 0 Å². The summed E-state index contributed by atoms with van der Waals surface area (Å²) in [6.45, 7) is 6.57. The number of aliphatic hydroxyl groups is 1. The van der Waals surface area contributed by atoms with E-state index in [0.717, 1.165) is 11.6 Å². The van der Waals surface area contributed by atoms with Crippen LogP contribution in [-0.4, -0.2) is 18.8 Å². The molecule has 112 valence electrons. The summed E-state index contributed by atoms with van der Waals surface area (Å²) in [6.07, 6.45) is 2.68. The van der Waals surface area contributed by atoms with Crippen molar-refractivity contribution in [2.75, 3.05) is 0 Å². The van der Waals surface area contributed by atoms with Gasteiger partial charge in [0.2, 0.25) is 0 Å². The summed E-state index contributed by atoms with van der Waals surface area (Å²) >= 11 is 0. The SMILES string of the molecule is C[Si](C)(C)c1ccc(C(F)(F)C2(O)CCCCC2)cc1. The second kappa shape index (κ2) is 5.23. The maximum absolute atomic E-state index is 14.6. The fourth-order valence-corrected chi connectivity index (χ4v) is 4.07. The summed E-state index contributed by atoms with van der Waals surface area (Å²) in [6, 6.07) is 6.61. The van der Waals surface area contributed by atoms with Crippen molar-refractivity contribution in [3.8, 4) is 0 Å². The van der Waals surface area contributed by atoms with Crippen molar-refractivity contribution in [3.63, 3.8) is 0 Å². The maximum Gasteiger partial charge on any atom is 0.301 e. The van der Waals surface area contributed by atoms with E-state index >= 15 is 0 Å². The molecule has 20 heavy (non-hydrogen) atoms. The summed E-state index contributed by atoms with van der Waals surface area (Å²) in [5.74, 6) is -3.16. The molecule has 0 aromatic heterocycles. The van der Waals surface area contributed by atoms with Crippen LogP contribution in [0, 0.1) is 0 Å². The van der Waals surface area contributed by atoms with Crippen LogP contribution in [0.1, 0.15) is 37.7 Å². The van der Waals surface area contributed by atoms with Gasteiger partial charge in [0.1, 0.15) is 5.60 Å². The first-order valence-corrected chi connectivity index (χ1v) is 10.9. The molecule has 1 aliphatic carbocycles. The lowest BCUT2D eigenvalue weighted by molar-refractivity contribution is -0.202. The zero-order valence-corrected chi connectivity index (χ0v) is 13.5. The Balaban J connectivity index is 2.29. The monoisotopic (exact) mass is 298 g/mol. The minimum atomic E-state index is -3.16. The number of rotatable bonds is 3. The second-order valence-corrected chi connectivity index (χ2v) is 12.1. The van der Waals surface area contributed by atoms with Crippen LogP contribution < -0.4 is 5.19 Å². The summed E-state index contributed by atoms with van der Waals surface area (Å²) < 4.78 is 29.2. The standard InChI is InChI=1S/C16H24F2OSi/c1-20(2,3)14-9-7-13(8-10-14)16(17,18)15(19)11-5-4-6-12-15/h7-10,19H,4-6,11-12H2,1-3H3. The van der Waals surface area contributed by atoms with E-state index in [0.29, 0.717) is 12.8 Å². The molecule has 1 aromatic carbocycles. The summed E-state index contributed by atoms with van der Waals surface area (Å²) in [5, 5.41) is 11.5. The third kappa shape index (κ3) is 2.81. The Labute approximate surface area is 121 Å². The lowest BCUT2D eigenvalue weighted by atomic mass is 9.78. The predicted molar refractivity (Wildman–Crippen MR) is 81.4 cm³/mol. The molecular weight excluding hydrogens is 274 g/mol. The largest absolute Gasteiger partial charge is 0.383 e. The minimum Gasteiger partial charge on any atom is -0.383 e. The first-order chi connectivity index (χ1) is 9.17. The van der Waals surface area contributed by atoms with E-state index in [4.69, 9.17) is 0 Å². The van der Waals surface area contributed by atoms with E-state index in [1.54, 1.807) is 0 Å². The van der Waals surface area contributed by atoms with E-state index < -0.39 is 19.6 Å². The van der Waals surface area contributed by atoms with Gasteiger partial charge in [0.15, 0.2) is 0 Å². The van der Waals surface area contributed by atoms with E-state index in [-0.39, 0.29) is 18.4 Å². The molecule has 0 atom stereocenters. The van der Waals surface area contributed by atoms with Gasteiger partial charge in [0.05, 0.1) is 8.07 Å². The Morgan fingerprint density at radius 2 is 1.50 bits per heavy atom. The quantitative estimate of drug-likeness (QED) is 0.836. The number of benzene rings is 1. The Bertz CT molecular complexity index is 456. The highest BCUT2D eigenvalue weighted by Crippen LogP contribution is 2.46. The highest BCUT2D eigenvalue weighted by molar-refractivity contribution is 6.88. The van der Waals surface area contributed by atoms with Gasteiger partial charge in [-0.2, -0.15) is 8.78 Å². The van der Waals surface area contributed by atoms with Gasteiger partial charge in [0, 0.05) is 5.56 Å². The van der Waals surface area contributed by atoms with Crippen LogP contribution >= 0.6 is 0 Å². The van der Waals surface area contributed by atoms with Gasteiger partial charge in [-0.15, -0.1) is 0 Å². The second-order valence-electron chi connectivity index (χ2n) is 6.99. The first kappa shape index (κ1) is 15.6. The molecular formula is C16H24F2OSi. The topological polar surface area (TPSA) is 20.2 Å². The van der Waals surface area contributed by atoms with Crippen molar-refractivity contribution in [1.29, 1.82) is 0 Å². The van der Waals surface area contributed by atoms with Crippen molar-refractivity contribution in [3.05, 3.63) is 29.8 Å². The molecule has 4 heteroatoms. The molecule has 0 aliphatic heterocycles. The Morgan fingerprint density at radius 1 is 1.00 bits per heavy atom. The van der Waals surface area contributed by atoms with Gasteiger partial charge in [-0.25, -0.2) is 0 Å². The van der Waals surface area contributed by atoms with Crippen molar-refractivity contribution < 1.29 is 13.9 Å². The molecule has 0 saturated heterocycles. The van der Waals surface area contributed by atoms with Crippen LogP contribution in [0.3, 0.4) is 0 Å². The van der Waals surface area contributed by atoms with Gasteiger partial charge in [0.25, 0.3) is 0 Å². The highest BCUT2D eigenvalue weighted by Gasteiger charge is 2.53. The zero-order chi connectivity index (χ0) is 15.0. The van der Waals surface area contributed by atoms with Crippen molar-refractivity contribution in [2.24, 2.45) is 0 Å². The molecule has 0 bridgehead atoms. The molecule has 1 nitrogen and oxygen atoms in total. The lowest BCUT2D eigenvalue weighted by Crippen LogP contribution is -2.47. The minimum absolute atomic E-state index is 0.0519. The van der Waals surface area contributed by atoms with Gasteiger partial charge in [-0.1, -0.05) is 68.4 Å². The molecule has 0 amide bonds. The molecule has 2 rings (SSSR count). The molecule has 0 radical (unpaired) electrons. The Kier molecular flexibility index (Phi) is 4.09. The van der Waals surface area contributed by atoms with E-state index in [1.807, 2.05) is 12.1 Å². The van der Waals surface area contributed by atoms with Gasteiger partial charge < -0.3 is 5.11 Å². The summed E-state index contributed by atoms with van der Waals surface area (Å²) in [7, 11) is -1.48. The van der Waals surface area contributed by atoms with Gasteiger partial charge in [-0.05, 0) is 12.8 Å². The smallest absolute Gasteiger partial charge is 0.301 e. The molecule has 1 N–H and O–H groups in total. The third-order valence-corrected chi connectivity index (χ3v) is 6.44. The van der Waals surface area contributed by atoms with Crippen LogP contribution in [0.25, 0.3) is 0 Å². The van der Waals surface area contributed by atoms with E-state index in [9.17, 15) is 13.9 Å². The van der Waals surface area contributed by atoms with Crippen molar-refractivity contribution >= 4 is 13.3 Å². The zero-order valence-electron chi connectivity index (χ0n) is 12.5. The average Bonchev–Trinajstić information content (AvgIpc) is 2.38. The van der Waals surface area contributed by atoms with Crippen LogP contribution in [0.5, 0.6) is 0 Å². The lowest BCUT2D eigenvalue weighted by Gasteiger charge is -2.39. The third-order valence-electron chi connectivity index (χ3n) is 4.38. The number of alkyl halides is 2. The van der Waals surface area contributed by atoms with Crippen molar-refractivity contribution in [2.45, 2.75) is 63.3 Å². The number of hydrogen-bond donors (Lipinski definition) is 1. The molecule has 0 unspecified atom stereocenters. The fraction of sp³-hybridized carbons (Fsp3) is 0.625. The maximum atomic E-state index is 14.6. The van der Waals surface area contributed by atoms with Gasteiger partial charge >= 0.3 is 5.92 Å². The predicted octanol–water partition coefficient (Wildman–Crippen LogP) is 4.02. The Hall–Kier alpha value is -0.743. The average molecular weight is 298 g/mol. The van der Waals surface area contributed by atoms with Crippen LogP contribution in [0.15, 0.2) is 24.3 Å². The number of halogens is 2. The van der Waals surface area contributed by atoms with E-state index in [1.165, 1.54) is 12.1 Å². The van der Waals surface area contributed by atoms with Crippen LogP contribution in [-0.2, 0) is 5.92 Å². The van der Waals surface area contributed by atoms with Crippen LogP contribution in [0.2, 0.25) is 19.6 Å². The molecule has 1 aromatic rings. The summed E-state index contributed by atoms with van der Waals surface area (Å²) in [5.41, 5.74) is -1.92. The molecule has 0 spiro atoms. The molecule has 1 fully saturated rings. The number of hydrogen-bond acceptors (Lipinski definition) is 1. The molecule has 0 heterocycles. The first-order valence-electron chi connectivity index (χ1n) is 7.38. The molecule has 1 saturated carbocycles. The normalized spacial score (nSPS) is 19.9. The summed E-state index contributed by atoms with van der Waals surface area (Å²) in [4.78, 5) is 0. The fourth-order valence-electron chi connectivity index (χ4n) is 2.90. The van der Waals surface area contributed by atoms with Crippen LogP contribution in [0.4, 0.5) is 8.78 Å². The van der Waals surface area contributed by atoms with Crippen molar-refractivity contribution in [1.82, 2.24) is 0 Å². The highest BCUT2D eigenvalue weighted by atomic mass is 28.3. The Morgan fingerprint density at radius 3 is 1.95 bits per heavy atom. The van der Waals surface area contributed by atoms with E-state index in [2.05, 4.69) is 19.6 Å².